The van der Waals surface area contributed by atoms with Gasteiger partial charge in [0.15, 0.2) is 0 Å². The fourth-order valence-corrected chi connectivity index (χ4v) is 3.66. The van der Waals surface area contributed by atoms with Crippen LogP contribution in [0.3, 0.4) is 0 Å². The number of aryl methyl sites for hydroxylation is 1. The van der Waals surface area contributed by atoms with Crippen molar-refractivity contribution in [2.75, 3.05) is 18.6 Å². The molecule has 0 aliphatic rings. The number of pyridine rings is 1. The summed E-state index contributed by atoms with van der Waals surface area (Å²) in [6, 6.07) is 5.86. The first-order valence-corrected chi connectivity index (χ1v) is 10.1. The molecule has 0 aliphatic carbocycles. The Labute approximate surface area is 146 Å². The zero-order valence-electron chi connectivity index (χ0n) is 13.6. The number of carbonyl (C=O) groups is 1. The van der Waals surface area contributed by atoms with E-state index in [1.54, 1.807) is 29.3 Å². The van der Waals surface area contributed by atoms with Gasteiger partial charge < -0.3 is 5.32 Å². The molecular formula is C17H23N3OS2. The molecule has 0 saturated heterocycles. The molecule has 2 heterocycles. The fraction of sp³-hybridized carbons (Fsp3) is 0.471. The molecular weight excluding hydrogens is 326 g/mol. The van der Waals surface area contributed by atoms with Crippen LogP contribution in [0.2, 0.25) is 0 Å². The summed E-state index contributed by atoms with van der Waals surface area (Å²) in [5, 5.41) is 6.20. The second-order valence-electron chi connectivity index (χ2n) is 5.45. The third kappa shape index (κ3) is 5.95. The zero-order chi connectivity index (χ0) is 16.5. The summed E-state index contributed by atoms with van der Waals surface area (Å²) < 4.78 is 0. The number of rotatable bonds is 9. The summed E-state index contributed by atoms with van der Waals surface area (Å²) in [6.07, 6.45) is 6.78. The van der Waals surface area contributed by atoms with Crippen LogP contribution in [-0.2, 0) is 11.2 Å². The minimum atomic E-state index is 0.0879. The van der Waals surface area contributed by atoms with Gasteiger partial charge in [0, 0.05) is 29.8 Å². The highest BCUT2D eigenvalue weighted by Gasteiger charge is 2.11. The normalized spacial score (nSPS) is 12.1. The minimum absolute atomic E-state index is 0.0879. The molecule has 0 bridgehead atoms. The number of amides is 1. The van der Waals surface area contributed by atoms with Gasteiger partial charge in [-0.05, 0) is 37.7 Å². The van der Waals surface area contributed by atoms with Gasteiger partial charge in [0.1, 0.15) is 0 Å². The van der Waals surface area contributed by atoms with E-state index in [1.165, 1.54) is 0 Å². The van der Waals surface area contributed by atoms with E-state index in [1.807, 2.05) is 31.4 Å². The van der Waals surface area contributed by atoms with E-state index in [0.29, 0.717) is 0 Å². The van der Waals surface area contributed by atoms with Gasteiger partial charge in [0.05, 0.1) is 16.4 Å². The Morgan fingerprint density at radius 3 is 2.96 bits per heavy atom. The summed E-state index contributed by atoms with van der Waals surface area (Å²) in [4.78, 5) is 20.7. The van der Waals surface area contributed by atoms with Crippen molar-refractivity contribution in [2.45, 2.75) is 26.2 Å². The molecule has 1 N–H and O–H groups in total. The van der Waals surface area contributed by atoms with Crippen molar-refractivity contribution < 1.29 is 4.79 Å². The maximum Gasteiger partial charge on any atom is 0.223 e. The molecule has 4 nitrogen and oxygen atoms in total. The van der Waals surface area contributed by atoms with Crippen LogP contribution >= 0.6 is 23.1 Å². The molecule has 2 aromatic rings. The van der Waals surface area contributed by atoms with E-state index in [2.05, 4.69) is 20.7 Å². The van der Waals surface area contributed by atoms with Gasteiger partial charge in [-0.2, -0.15) is 11.8 Å². The second-order valence-corrected chi connectivity index (χ2v) is 7.30. The highest BCUT2D eigenvalue weighted by atomic mass is 32.2. The van der Waals surface area contributed by atoms with Crippen molar-refractivity contribution in [3.63, 3.8) is 0 Å². The lowest BCUT2D eigenvalue weighted by Crippen LogP contribution is -2.31. The lowest BCUT2D eigenvalue weighted by molar-refractivity contribution is -0.123. The van der Waals surface area contributed by atoms with Crippen LogP contribution in [0.1, 0.15) is 24.8 Å². The van der Waals surface area contributed by atoms with Crippen molar-refractivity contribution >= 4 is 29.0 Å². The minimum Gasteiger partial charge on any atom is -0.356 e. The third-order valence-electron chi connectivity index (χ3n) is 3.46. The van der Waals surface area contributed by atoms with Crippen LogP contribution in [0, 0.1) is 5.92 Å². The molecule has 6 heteroatoms. The first kappa shape index (κ1) is 17.9. The number of hydrogen-bond donors (Lipinski definition) is 1. The molecule has 0 aliphatic heterocycles. The lowest BCUT2D eigenvalue weighted by atomic mass is 10.2. The average Bonchev–Trinajstić information content (AvgIpc) is 3.04. The maximum absolute atomic E-state index is 11.8. The maximum atomic E-state index is 11.8. The molecule has 0 fully saturated rings. The van der Waals surface area contributed by atoms with Gasteiger partial charge in [-0.1, -0.05) is 13.0 Å². The van der Waals surface area contributed by atoms with Crippen molar-refractivity contribution in [1.29, 1.82) is 0 Å². The molecule has 1 unspecified atom stereocenters. The Balaban J connectivity index is 1.67. The monoisotopic (exact) mass is 349 g/mol. The van der Waals surface area contributed by atoms with Crippen LogP contribution in [0.4, 0.5) is 0 Å². The molecule has 0 aromatic carbocycles. The van der Waals surface area contributed by atoms with E-state index >= 15 is 0 Å². The van der Waals surface area contributed by atoms with Gasteiger partial charge in [0.2, 0.25) is 5.91 Å². The molecule has 124 valence electrons. The predicted molar refractivity (Wildman–Crippen MR) is 98.8 cm³/mol. The zero-order valence-corrected chi connectivity index (χ0v) is 15.3. The Morgan fingerprint density at radius 2 is 2.22 bits per heavy atom. The van der Waals surface area contributed by atoms with Gasteiger partial charge in [0.25, 0.3) is 0 Å². The fourth-order valence-electron chi connectivity index (χ4n) is 2.17. The second kappa shape index (κ2) is 9.67. The largest absolute Gasteiger partial charge is 0.356 e. The molecule has 2 rings (SSSR count). The number of nitrogens with zero attached hydrogens (tertiary/aromatic N) is 2. The smallest absolute Gasteiger partial charge is 0.223 e. The molecule has 0 saturated carbocycles. The molecule has 1 amide bonds. The van der Waals surface area contributed by atoms with Gasteiger partial charge in [-0.3, -0.25) is 9.78 Å². The van der Waals surface area contributed by atoms with Gasteiger partial charge >= 0.3 is 0 Å². The van der Waals surface area contributed by atoms with Crippen molar-refractivity contribution in [2.24, 2.45) is 5.92 Å². The van der Waals surface area contributed by atoms with Gasteiger partial charge in [-0.15, -0.1) is 11.3 Å². The molecule has 0 radical (unpaired) electrons. The number of hydrogen-bond acceptors (Lipinski definition) is 5. The Bertz CT molecular complexity index is 601. The van der Waals surface area contributed by atoms with E-state index in [4.69, 9.17) is 0 Å². The molecule has 23 heavy (non-hydrogen) atoms. The first-order valence-electron chi connectivity index (χ1n) is 7.83. The number of thiazole rings is 1. The quantitative estimate of drug-likeness (QED) is 0.702. The highest BCUT2D eigenvalue weighted by molar-refractivity contribution is 7.98. The Kier molecular flexibility index (Phi) is 7.55. The van der Waals surface area contributed by atoms with Crippen LogP contribution in [0.5, 0.6) is 0 Å². The standard InChI is InChI=1S/C17H23N3OS2/c1-13(11-22-2)17(21)19-10-6-4-8-16-20-15(12-23-16)14-7-3-5-9-18-14/h3,5,7,9,12-13H,4,6,8,10-11H2,1-2H3,(H,19,21). The number of nitrogens with one attached hydrogen (secondary N) is 1. The summed E-state index contributed by atoms with van der Waals surface area (Å²) in [5.74, 6) is 1.12. The number of carbonyl (C=O) groups excluding carboxylic acids is 1. The van der Waals surface area contributed by atoms with Crippen LogP contribution in [-0.4, -0.2) is 34.4 Å². The molecule has 1 atom stereocenters. The van der Waals surface area contributed by atoms with Crippen LogP contribution in [0.25, 0.3) is 11.4 Å². The van der Waals surface area contributed by atoms with E-state index in [0.717, 1.165) is 48.0 Å². The predicted octanol–water partition coefficient (Wildman–Crippen LogP) is 3.64. The van der Waals surface area contributed by atoms with Crippen molar-refractivity contribution in [3.05, 3.63) is 34.8 Å². The van der Waals surface area contributed by atoms with Crippen LogP contribution in [0.15, 0.2) is 29.8 Å². The SMILES string of the molecule is CSCC(C)C(=O)NCCCCc1nc(-c2ccccn2)cs1. The number of thioether (sulfide) groups is 1. The highest BCUT2D eigenvalue weighted by Crippen LogP contribution is 2.20. The summed E-state index contributed by atoms with van der Waals surface area (Å²) in [5.41, 5.74) is 1.87. The van der Waals surface area contributed by atoms with E-state index in [-0.39, 0.29) is 11.8 Å². The summed E-state index contributed by atoms with van der Waals surface area (Å²) >= 11 is 3.39. The lowest BCUT2D eigenvalue weighted by Gasteiger charge is -2.10. The van der Waals surface area contributed by atoms with Crippen molar-refractivity contribution in [3.8, 4) is 11.4 Å². The Hall–Kier alpha value is -1.40. The Morgan fingerprint density at radius 1 is 1.35 bits per heavy atom. The van der Waals surface area contributed by atoms with Gasteiger partial charge in [-0.25, -0.2) is 4.98 Å². The van der Waals surface area contributed by atoms with Crippen molar-refractivity contribution in [1.82, 2.24) is 15.3 Å². The van der Waals surface area contributed by atoms with Crippen LogP contribution < -0.4 is 5.32 Å². The average molecular weight is 350 g/mol. The van der Waals surface area contributed by atoms with E-state index < -0.39 is 0 Å². The molecule has 0 spiro atoms. The number of aromatic nitrogens is 2. The summed E-state index contributed by atoms with van der Waals surface area (Å²) in [6.45, 7) is 2.72. The first-order chi connectivity index (χ1) is 11.2. The molecule has 2 aromatic heterocycles. The topological polar surface area (TPSA) is 54.9 Å². The summed E-state index contributed by atoms with van der Waals surface area (Å²) in [7, 11) is 0. The third-order valence-corrected chi connectivity index (χ3v) is 5.20. The van der Waals surface area contributed by atoms with E-state index in [9.17, 15) is 4.79 Å². The number of unbranched alkanes of at least 4 members (excludes halogenated alkanes) is 1.